The molecular formula is C12H19ClN2O2. The maximum absolute atomic E-state index is 8.48. The third-order valence-electron chi connectivity index (χ3n) is 1.70. The smallest absolute Gasteiger partial charge is 0.170 e. The summed E-state index contributed by atoms with van der Waals surface area (Å²) in [5, 5.41) is 11.8. The van der Waals surface area contributed by atoms with Crippen LogP contribution in [0.5, 0.6) is 5.75 Å². The SMILES string of the molecule is CC.CC(C)Oc1ccc(/C(N)=N/O)cc1Cl. The largest absolute Gasteiger partial charge is 0.489 e. The van der Waals surface area contributed by atoms with Crippen molar-refractivity contribution in [3.63, 3.8) is 0 Å². The first-order valence-corrected chi connectivity index (χ1v) is 5.86. The van der Waals surface area contributed by atoms with Gasteiger partial charge in [-0.05, 0) is 32.0 Å². The van der Waals surface area contributed by atoms with Gasteiger partial charge in [0.15, 0.2) is 5.84 Å². The molecule has 0 atom stereocenters. The summed E-state index contributed by atoms with van der Waals surface area (Å²) in [5.41, 5.74) is 5.97. The number of benzene rings is 1. The molecule has 0 aromatic heterocycles. The van der Waals surface area contributed by atoms with Crippen molar-refractivity contribution in [2.45, 2.75) is 33.8 Å². The third-order valence-corrected chi connectivity index (χ3v) is 1.99. The lowest BCUT2D eigenvalue weighted by Gasteiger charge is -2.11. The van der Waals surface area contributed by atoms with E-state index in [-0.39, 0.29) is 11.9 Å². The highest BCUT2D eigenvalue weighted by atomic mass is 35.5. The molecule has 96 valence electrons. The molecule has 17 heavy (non-hydrogen) atoms. The Morgan fingerprint density at radius 1 is 1.41 bits per heavy atom. The lowest BCUT2D eigenvalue weighted by molar-refractivity contribution is 0.242. The molecule has 1 aromatic carbocycles. The average Bonchev–Trinajstić information content (AvgIpc) is 2.33. The van der Waals surface area contributed by atoms with Crippen LogP contribution < -0.4 is 10.5 Å². The van der Waals surface area contributed by atoms with Crippen LogP contribution in [-0.2, 0) is 0 Å². The molecule has 0 fully saturated rings. The summed E-state index contributed by atoms with van der Waals surface area (Å²) in [7, 11) is 0. The van der Waals surface area contributed by atoms with Gasteiger partial charge in [0.2, 0.25) is 0 Å². The van der Waals surface area contributed by atoms with Gasteiger partial charge in [-0.25, -0.2) is 0 Å². The summed E-state index contributed by atoms with van der Waals surface area (Å²) in [6.45, 7) is 7.82. The number of oxime groups is 1. The number of amidine groups is 1. The maximum Gasteiger partial charge on any atom is 0.170 e. The Bertz CT molecular complexity index is 379. The number of nitrogens with zero attached hydrogens (tertiary/aromatic N) is 1. The number of nitrogens with two attached hydrogens (primary N) is 1. The molecule has 0 unspecified atom stereocenters. The molecule has 0 amide bonds. The van der Waals surface area contributed by atoms with E-state index in [1.54, 1.807) is 18.2 Å². The van der Waals surface area contributed by atoms with Crippen LogP contribution in [0.1, 0.15) is 33.3 Å². The van der Waals surface area contributed by atoms with Crippen LogP contribution in [0.15, 0.2) is 23.4 Å². The fourth-order valence-corrected chi connectivity index (χ4v) is 1.29. The highest BCUT2D eigenvalue weighted by Gasteiger charge is 2.07. The minimum atomic E-state index is 0.0213. The normalized spacial score (nSPS) is 10.8. The maximum atomic E-state index is 8.48. The van der Waals surface area contributed by atoms with E-state index in [2.05, 4.69) is 5.16 Å². The van der Waals surface area contributed by atoms with Gasteiger partial charge in [-0.1, -0.05) is 30.6 Å². The molecule has 5 heteroatoms. The van der Waals surface area contributed by atoms with E-state index in [0.717, 1.165) is 0 Å². The van der Waals surface area contributed by atoms with Gasteiger partial charge in [0.1, 0.15) is 5.75 Å². The topological polar surface area (TPSA) is 67.8 Å². The zero-order chi connectivity index (χ0) is 13.4. The van der Waals surface area contributed by atoms with Crippen LogP contribution in [-0.4, -0.2) is 17.1 Å². The number of halogens is 1. The molecule has 0 aliphatic heterocycles. The van der Waals surface area contributed by atoms with Crippen molar-refractivity contribution in [2.24, 2.45) is 10.9 Å². The standard InChI is InChI=1S/C10H13ClN2O2.C2H6/c1-6(2)15-9-4-3-7(5-8(9)11)10(12)13-14;1-2/h3-6,14H,1-2H3,(H2,12,13);1-2H3. The Morgan fingerprint density at radius 2 is 2.00 bits per heavy atom. The molecule has 3 N–H and O–H groups in total. The molecule has 0 saturated heterocycles. The summed E-state index contributed by atoms with van der Waals surface area (Å²) >= 11 is 5.96. The number of hydrogen-bond acceptors (Lipinski definition) is 3. The van der Waals surface area contributed by atoms with E-state index in [1.807, 2.05) is 27.7 Å². The van der Waals surface area contributed by atoms with Crippen LogP contribution in [0.4, 0.5) is 0 Å². The third kappa shape index (κ3) is 4.95. The van der Waals surface area contributed by atoms with Crippen LogP contribution in [0.2, 0.25) is 5.02 Å². The van der Waals surface area contributed by atoms with E-state index in [1.165, 1.54) is 0 Å². The Kier molecular flexibility index (Phi) is 7.14. The second kappa shape index (κ2) is 7.79. The molecule has 0 heterocycles. The van der Waals surface area contributed by atoms with Crippen molar-refractivity contribution < 1.29 is 9.94 Å². The lowest BCUT2D eigenvalue weighted by Crippen LogP contribution is -2.13. The van der Waals surface area contributed by atoms with Gasteiger partial charge in [0.25, 0.3) is 0 Å². The predicted octanol–water partition coefficient (Wildman–Crippen LogP) is 3.25. The molecule has 1 aromatic rings. The molecule has 0 spiro atoms. The van der Waals surface area contributed by atoms with Crippen molar-refractivity contribution in [2.75, 3.05) is 0 Å². The second-order valence-electron chi connectivity index (χ2n) is 3.30. The van der Waals surface area contributed by atoms with Gasteiger partial charge >= 0.3 is 0 Å². The van der Waals surface area contributed by atoms with Crippen molar-refractivity contribution in [1.29, 1.82) is 0 Å². The number of hydrogen-bond donors (Lipinski definition) is 2. The minimum Gasteiger partial charge on any atom is -0.489 e. The van der Waals surface area contributed by atoms with Crippen molar-refractivity contribution in [3.8, 4) is 5.75 Å². The Morgan fingerprint density at radius 3 is 2.41 bits per heavy atom. The van der Waals surface area contributed by atoms with Gasteiger partial charge in [0.05, 0.1) is 11.1 Å². The molecule has 0 bridgehead atoms. The Hall–Kier alpha value is -1.42. The summed E-state index contributed by atoms with van der Waals surface area (Å²) in [5.74, 6) is 0.606. The van der Waals surface area contributed by atoms with Gasteiger partial charge in [-0.15, -0.1) is 0 Å². The van der Waals surface area contributed by atoms with Gasteiger partial charge in [0, 0.05) is 5.56 Å². The van der Waals surface area contributed by atoms with Crippen molar-refractivity contribution in [1.82, 2.24) is 0 Å². The molecule has 0 aliphatic rings. The van der Waals surface area contributed by atoms with Gasteiger partial charge in [-0.3, -0.25) is 0 Å². The Labute approximate surface area is 107 Å². The van der Waals surface area contributed by atoms with Gasteiger partial charge in [-0.2, -0.15) is 0 Å². The first-order chi connectivity index (χ1) is 8.04. The van der Waals surface area contributed by atoms with Crippen LogP contribution >= 0.6 is 11.6 Å². The highest BCUT2D eigenvalue weighted by molar-refractivity contribution is 6.32. The second-order valence-corrected chi connectivity index (χ2v) is 3.70. The first-order valence-electron chi connectivity index (χ1n) is 5.48. The fraction of sp³-hybridized carbons (Fsp3) is 0.417. The molecule has 0 aliphatic carbocycles. The summed E-state index contributed by atoms with van der Waals surface area (Å²) in [4.78, 5) is 0. The van der Waals surface area contributed by atoms with E-state index in [4.69, 9.17) is 27.3 Å². The fourth-order valence-electron chi connectivity index (χ4n) is 1.07. The van der Waals surface area contributed by atoms with Crippen molar-refractivity contribution in [3.05, 3.63) is 28.8 Å². The number of rotatable bonds is 3. The van der Waals surface area contributed by atoms with Crippen LogP contribution in [0.3, 0.4) is 0 Å². The van der Waals surface area contributed by atoms with E-state index >= 15 is 0 Å². The van der Waals surface area contributed by atoms with E-state index < -0.39 is 0 Å². The average molecular weight is 259 g/mol. The Balaban J connectivity index is 0.00000121. The summed E-state index contributed by atoms with van der Waals surface area (Å²) in [6, 6.07) is 4.96. The lowest BCUT2D eigenvalue weighted by atomic mass is 10.2. The monoisotopic (exact) mass is 258 g/mol. The molecular weight excluding hydrogens is 240 g/mol. The van der Waals surface area contributed by atoms with Crippen LogP contribution in [0.25, 0.3) is 0 Å². The quantitative estimate of drug-likeness (QED) is 0.378. The summed E-state index contributed by atoms with van der Waals surface area (Å²) < 4.78 is 5.44. The molecule has 0 radical (unpaired) electrons. The van der Waals surface area contributed by atoms with E-state index in [9.17, 15) is 0 Å². The van der Waals surface area contributed by atoms with Crippen LogP contribution in [0, 0.1) is 0 Å². The zero-order valence-electron chi connectivity index (χ0n) is 10.6. The number of ether oxygens (including phenoxy) is 1. The van der Waals surface area contributed by atoms with Gasteiger partial charge < -0.3 is 15.7 Å². The molecule has 0 saturated carbocycles. The predicted molar refractivity (Wildman–Crippen MR) is 71.1 cm³/mol. The minimum absolute atomic E-state index is 0.0213. The zero-order valence-corrected chi connectivity index (χ0v) is 11.3. The van der Waals surface area contributed by atoms with Crippen molar-refractivity contribution >= 4 is 17.4 Å². The summed E-state index contributed by atoms with van der Waals surface area (Å²) in [6.07, 6.45) is 0.0530. The molecule has 1 rings (SSSR count). The van der Waals surface area contributed by atoms with E-state index in [0.29, 0.717) is 16.3 Å². The first kappa shape index (κ1) is 15.6. The highest BCUT2D eigenvalue weighted by Crippen LogP contribution is 2.26. The molecule has 4 nitrogen and oxygen atoms in total.